The normalized spacial score (nSPS) is 11.3. The van der Waals surface area contributed by atoms with Crippen LogP contribution in [0.3, 0.4) is 0 Å². The van der Waals surface area contributed by atoms with Crippen LogP contribution in [0.15, 0.2) is 36.7 Å². The first-order chi connectivity index (χ1) is 9.35. The summed E-state index contributed by atoms with van der Waals surface area (Å²) in [6.07, 6.45) is 3.55. The van der Waals surface area contributed by atoms with E-state index in [0.717, 1.165) is 11.1 Å². The number of nitrogens with zero attached hydrogens (tertiary/aromatic N) is 2. The van der Waals surface area contributed by atoms with Crippen molar-refractivity contribution in [2.24, 2.45) is 0 Å². The monoisotopic (exact) mass is 272 g/mol. The summed E-state index contributed by atoms with van der Waals surface area (Å²) < 4.78 is 1.61. The average Bonchev–Trinajstić information content (AvgIpc) is 2.75. The first-order valence-corrected chi connectivity index (χ1v) is 6.53. The van der Waals surface area contributed by atoms with Gasteiger partial charge in [0.25, 0.3) is 0 Å². The summed E-state index contributed by atoms with van der Waals surface area (Å²) in [5.74, 6) is -0.0619. The second-order valence-corrected chi connectivity index (χ2v) is 5.81. The summed E-state index contributed by atoms with van der Waals surface area (Å²) in [6, 6.07) is 7.60. The fraction of sp³-hybridized carbons (Fsp3) is 0.333. The van der Waals surface area contributed by atoms with Crippen LogP contribution in [0.25, 0.3) is 11.1 Å². The molecule has 5 heteroatoms. The molecule has 1 amide bonds. The smallest absolute Gasteiger partial charge is 0.242 e. The van der Waals surface area contributed by atoms with Crippen molar-refractivity contribution in [3.63, 3.8) is 0 Å². The van der Waals surface area contributed by atoms with Crippen LogP contribution in [-0.4, -0.2) is 21.2 Å². The highest BCUT2D eigenvalue weighted by molar-refractivity contribution is 5.77. The van der Waals surface area contributed by atoms with E-state index in [0.29, 0.717) is 5.69 Å². The van der Waals surface area contributed by atoms with E-state index in [4.69, 9.17) is 5.73 Å². The van der Waals surface area contributed by atoms with Crippen LogP contribution in [0, 0.1) is 0 Å². The Balaban J connectivity index is 2.10. The van der Waals surface area contributed by atoms with Gasteiger partial charge in [-0.25, -0.2) is 0 Å². The van der Waals surface area contributed by atoms with Gasteiger partial charge >= 0.3 is 0 Å². The van der Waals surface area contributed by atoms with E-state index in [-0.39, 0.29) is 18.0 Å². The number of nitrogens with one attached hydrogen (secondary N) is 1. The van der Waals surface area contributed by atoms with Crippen LogP contribution in [0.5, 0.6) is 0 Å². The fourth-order valence-corrected chi connectivity index (χ4v) is 1.95. The standard InChI is InChI=1S/C15H20N4O/c1-15(2,3)18-14(20)10-19-9-11(8-17-19)12-6-4-5-7-13(12)16/h4-9H,10,16H2,1-3H3,(H,18,20). The first-order valence-electron chi connectivity index (χ1n) is 6.53. The largest absolute Gasteiger partial charge is 0.398 e. The summed E-state index contributed by atoms with van der Waals surface area (Å²) in [6.45, 7) is 6.04. The Morgan fingerprint density at radius 3 is 2.70 bits per heavy atom. The Bertz CT molecular complexity index is 610. The molecule has 0 radical (unpaired) electrons. The van der Waals surface area contributed by atoms with Crippen molar-refractivity contribution >= 4 is 11.6 Å². The number of aromatic nitrogens is 2. The third kappa shape index (κ3) is 3.60. The molecule has 0 saturated heterocycles. The Morgan fingerprint density at radius 2 is 2.05 bits per heavy atom. The van der Waals surface area contributed by atoms with Gasteiger partial charge in [0.15, 0.2) is 0 Å². The highest BCUT2D eigenvalue weighted by atomic mass is 16.2. The molecule has 0 aliphatic rings. The SMILES string of the molecule is CC(C)(C)NC(=O)Cn1cc(-c2ccccc2N)cn1. The number of hydrogen-bond acceptors (Lipinski definition) is 3. The molecule has 0 spiro atoms. The number of nitrogen functional groups attached to an aromatic ring is 1. The van der Waals surface area contributed by atoms with E-state index < -0.39 is 0 Å². The Hall–Kier alpha value is -2.30. The summed E-state index contributed by atoms with van der Waals surface area (Å²) in [7, 11) is 0. The average molecular weight is 272 g/mol. The molecule has 1 aromatic heterocycles. The number of amides is 1. The highest BCUT2D eigenvalue weighted by Gasteiger charge is 2.14. The Morgan fingerprint density at radius 1 is 1.35 bits per heavy atom. The molecule has 2 rings (SSSR count). The summed E-state index contributed by atoms with van der Waals surface area (Å²) >= 11 is 0. The van der Waals surface area contributed by atoms with Gasteiger partial charge in [-0.3, -0.25) is 9.48 Å². The van der Waals surface area contributed by atoms with Crippen LogP contribution in [0.1, 0.15) is 20.8 Å². The van der Waals surface area contributed by atoms with Crippen molar-refractivity contribution in [1.82, 2.24) is 15.1 Å². The molecular weight excluding hydrogens is 252 g/mol. The van der Waals surface area contributed by atoms with Gasteiger partial charge in [-0.1, -0.05) is 18.2 Å². The van der Waals surface area contributed by atoms with Crippen LogP contribution >= 0.6 is 0 Å². The molecule has 0 aliphatic heterocycles. The minimum atomic E-state index is -0.239. The number of anilines is 1. The molecule has 2 aromatic rings. The molecule has 106 valence electrons. The molecule has 0 unspecified atom stereocenters. The maximum atomic E-state index is 11.8. The summed E-state index contributed by atoms with van der Waals surface area (Å²) in [4.78, 5) is 11.8. The second-order valence-electron chi connectivity index (χ2n) is 5.81. The molecule has 0 atom stereocenters. The van der Waals surface area contributed by atoms with Gasteiger partial charge in [0.2, 0.25) is 5.91 Å². The van der Waals surface area contributed by atoms with Crippen LogP contribution < -0.4 is 11.1 Å². The number of carbonyl (C=O) groups excluding carboxylic acids is 1. The third-order valence-electron chi connectivity index (χ3n) is 2.73. The van der Waals surface area contributed by atoms with Crippen molar-refractivity contribution < 1.29 is 4.79 Å². The number of rotatable bonds is 3. The highest BCUT2D eigenvalue weighted by Crippen LogP contribution is 2.24. The number of carbonyl (C=O) groups is 1. The predicted molar refractivity (Wildman–Crippen MR) is 80.0 cm³/mol. The number of nitrogens with two attached hydrogens (primary N) is 1. The van der Waals surface area contributed by atoms with E-state index in [9.17, 15) is 4.79 Å². The van der Waals surface area contributed by atoms with Gasteiger partial charge in [-0.2, -0.15) is 5.10 Å². The van der Waals surface area contributed by atoms with Crippen molar-refractivity contribution in [3.05, 3.63) is 36.7 Å². The van der Waals surface area contributed by atoms with Crippen LogP contribution in [0.2, 0.25) is 0 Å². The van der Waals surface area contributed by atoms with E-state index in [1.54, 1.807) is 10.9 Å². The Labute approximate surface area is 118 Å². The van der Waals surface area contributed by atoms with Gasteiger partial charge in [0.05, 0.1) is 6.20 Å². The zero-order valence-corrected chi connectivity index (χ0v) is 12.1. The lowest BCUT2D eigenvalue weighted by Gasteiger charge is -2.20. The molecular formula is C15H20N4O. The van der Waals surface area contributed by atoms with Gasteiger partial charge in [-0.05, 0) is 26.8 Å². The maximum absolute atomic E-state index is 11.8. The van der Waals surface area contributed by atoms with Crippen molar-refractivity contribution in [1.29, 1.82) is 0 Å². The predicted octanol–water partition coefficient (Wildman–Crippen LogP) is 2.05. The Kier molecular flexibility index (Phi) is 3.79. The molecule has 1 aromatic carbocycles. The molecule has 0 saturated carbocycles. The molecule has 0 fully saturated rings. The zero-order valence-electron chi connectivity index (χ0n) is 12.1. The minimum Gasteiger partial charge on any atom is -0.398 e. The molecule has 0 aliphatic carbocycles. The van der Waals surface area contributed by atoms with E-state index in [1.807, 2.05) is 51.2 Å². The van der Waals surface area contributed by atoms with E-state index in [1.165, 1.54) is 0 Å². The van der Waals surface area contributed by atoms with Crippen LogP contribution in [0.4, 0.5) is 5.69 Å². The molecule has 5 nitrogen and oxygen atoms in total. The van der Waals surface area contributed by atoms with Crippen molar-refractivity contribution in [2.75, 3.05) is 5.73 Å². The van der Waals surface area contributed by atoms with Gasteiger partial charge in [0, 0.05) is 28.6 Å². The third-order valence-corrected chi connectivity index (χ3v) is 2.73. The molecule has 1 heterocycles. The van der Waals surface area contributed by atoms with Crippen molar-refractivity contribution in [3.8, 4) is 11.1 Å². The lowest BCUT2D eigenvalue weighted by Crippen LogP contribution is -2.42. The van der Waals surface area contributed by atoms with E-state index in [2.05, 4.69) is 10.4 Å². The minimum absolute atomic E-state index is 0.0619. The van der Waals surface area contributed by atoms with Gasteiger partial charge < -0.3 is 11.1 Å². The zero-order chi connectivity index (χ0) is 14.8. The van der Waals surface area contributed by atoms with Crippen molar-refractivity contribution in [2.45, 2.75) is 32.9 Å². The summed E-state index contributed by atoms with van der Waals surface area (Å²) in [5.41, 5.74) is 8.23. The topological polar surface area (TPSA) is 72.9 Å². The molecule has 0 bridgehead atoms. The van der Waals surface area contributed by atoms with Gasteiger partial charge in [0.1, 0.15) is 6.54 Å². The molecule has 3 N–H and O–H groups in total. The number of hydrogen-bond donors (Lipinski definition) is 2. The molecule has 20 heavy (non-hydrogen) atoms. The first kappa shape index (κ1) is 14.1. The van der Waals surface area contributed by atoms with E-state index >= 15 is 0 Å². The lowest BCUT2D eigenvalue weighted by atomic mass is 10.1. The fourth-order valence-electron chi connectivity index (χ4n) is 1.95. The van der Waals surface area contributed by atoms with Crippen LogP contribution in [-0.2, 0) is 11.3 Å². The summed E-state index contributed by atoms with van der Waals surface area (Å²) in [5, 5.41) is 7.11. The quantitative estimate of drug-likeness (QED) is 0.840. The van der Waals surface area contributed by atoms with Gasteiger partial charge in [-0.15, -0.1) is 0 Å². The second kappa shape index (κ2) is 5.36. The number of benzene rings is 1. The maximum Gasteiger partial charge on any atom is 0.242 e. The number of para-hydroxylation sites is 1. The lowest BCUT2D eigenvalue weighted by molar-refractivity contribution is -0.123.